The first-order chi connectivity index (χ1) is 9.84. The third kappa shape index (κ3) is 2.90. The number of likely N-dealkylation sites (tertiary alicyclic amines) is 1. The van der Waals surface area contributed by atoms with Gasteiger partial charge in [0, 0.05) is 6.54 Å². The minimum absolute atomic E-state index is 0.00217. The monoisotopic (exact) mass is 271 g/mol. The molecule has 4 nitrogen and oxygen atoms in total. The number of fused-ring (bicyclic) bond motifs is 1. The van der Waals surface area contributed by atoms with Gasteiger partial charge in [-0.15, -0.1) is 0 Å². The molecule has 20 heavy (non-hydrogen) atoms. The first-order valence-electron chi connectivity index (χ1n) is 7.51. The molecule has 0 aliphatic carbocycles. The summed E-state index contributed by atoms with van der Waals surface area (Å²) < 4.78 is 1.85. The predicted octanol–water partition coefficient (Wildman–Crippen LogP) is 2.27. The number of benzene rings is 1. The van der Waals surface area contributed by atoms with Gasteiger partial charge in [0.25, 0.3) is 5.56 Å². The molecule has 1 fully saturated rings. The number of rotatable bonds is 4. The van der Waals surface area contributed by atoms with E-state index in [1.54, 1.807) is 0 Å². The van der Waals surface area contributed by atoms with Crippen molar-refractivity contribution in [3.8, 4) is 0 Å². The molecule has 1 aliphatic heterocycles. The van der Waals surface area contributed by atoms with Crippen LogP contribution in [0.25, 0.3) is 11.0 Å². The molecule has 2 aromatic rings. The first kappa shape index (κ1) is 13.3. The number of nitrogens with zero attached hydrogens (tertiary/aromatic N) is 3. The van der Waals surface area contributed by atoms with Crippen molar-refractivity contribution in [2.75, 3.05) is 19.6 Å². The number of piperidine rings is 1. The quantitative estimate of drug-likeness (QED) is 0.856. The molecule has 4 heteroatoms. The number of aryl methyl sites for hydroxylation is 1. The fraction of sp³-hybridized carbons (Fsp3) is 0.500. The highest BCUT2D eigenvalue weighted by molar-refractivity contribution is 5.74. The summed E-state index contributed by atoms with van der Waals surface area (Å²) in [7, 11) is 0. The first-order valence-corrected chi connectivity index (χ1v) is 7.51. The van der Waals surface area contributed by atoms with Crippen molar-refractivity contribution in [1.29, 1.82) is 0 Å². The predicted molar refractivity (Wildman–Crippen MR) is 80.9 cm³/mol. The van der Waals surface area contributed by atoms with Crippen LogP contribution in [0.5, 0.6) is 0 Å². The maximum absolute atomic E-state index is 12.0. The lowest BCUT2D eigenvalue weighted by atomic mass is 10.1. The molecule has 0 saturated carbocycles. The molecule has 0 N–H and O–H groups in total. The van der Waals surface area contributed by atoms with Gasteiger partial charge in [-0.1, -0.05) is 18.6 Å². The van der Waals surface area contributed by atoms with Crippen LogP contribution >= 0.6 is 0 Å². The molecular formula is C16H21N3O. The highest BCUT2D eigenvalue weighted by Gasteiger charge is 2.10. The Morgan fingerprint density at radius 1 is 1.05 bits per heavy atom. The lowest BCUT2D eigenvalue weighted by molar-refractivity contribution is 0.223. The molecular weight excluding hydrogens is 250 g/mol. The molecule has 0 spiro atoms. The summed E-state index contributed by atoms with van der Waals surface area (Å²) in [5, 5.41) is 0. The SMILES string of the molecule is O=c1cnc2ccccc2n1CCCN1CCCCC1. The Kier molecular flexibility index (Phi) is 4.11. The van der Waals surface area contributed by atoms with Gasteiger partial charge in [-0.05, 0) is 51.0 Å². The maximum Gasteiger partial charge on any atom is 0.269 e. The Morgan fingerprint density at radius 3 is 2.70 bits per heavy atom. The Labute approximate surface area is 119 Å². The second kappa shape index (κ2) is 6.18. The van der Waals surface area contributed by atoms with E-state index >= 15 is 0 Å². The van der Waals surface area contributed by atoms with Crippen molar-refractivity contribution in [1.82, 2.24) is 14.5 Å². The summed E-state index contributed by atoms with van der Waals surface area (Å²) in [4.78, 5) is 18.7. The molecule has 0 radical (unpaired) electrons. The van der Waals surface area contributed by atoms with E-state index in [0.29, 0.717) is 0 Å². The van der Waals surface area contributed by atoms with E-state index in [9.17, 15) is 4.79 Å². The van der Waals surface area contributed by atoms with Crippen LogP contribution in [0, 0.1) is 0 Å². The number of hydrogen-bond donors (Lipinski definition) is 0. The highest BCUT2D eigenvalue weighted by Crippen LogP contribution is 2.11. The van der Waals surface area contributed by atoms with Gasteiger partial charge >= 0.3 is 0 Å². The maximum atomic E-state index is 12.0. The minimum atomic E-state index is 0.00217. The highest BCUT2D eigenvalue weighted by atomic mass is 16.1. The van der Waals surface area contributed by atoms with Crippen LogP contribution in [0.1, 0.15) is 25.7 Å². The van der Waals surface area contributed by atoms with Crippen molar-refractivity contribution >= 4 is 11.0 Å². The van der Waals surface area contributed by atoms with Gasteiger partial charge in [-0.2, -0.15) is 0 Å². The van der Waals surface area contributed by atoms with E-state index in [1.807, 2.05) is 28.8 Å². The van der Waals surface area contributed by atoms with Crippen LogP contribution in [0.15, 0.2) is 35.3 Å². The van der Waals surface area contributed by atoms with E-state index < -0.39 is 0 Å². The molecule has 0 amide bonds. The lowest BCUT2D eigenvalue weighted by Crippen LogP contribution is -2.32. The Bertz CT molecular complexity index is 629. The molecule has 0 unspecified atom stereocenters. The minimum Gasteiger partial charge on any atom is -0.305 e. The largest absolute Gasteiger partial charge is 0.305 e. The summed E-state index contributed by atoms with van der Waals surface area (Å²) in [5.74, 6) is 0. The molecule has 1 aromatic heterocycles. The van der Waals surface area contributed by atoms with Crippen molar-refractivity contribution in [2.24, 2.45) is 0 Å². The fourth-order valence-electron chi connectivity index (χ4n) is 2.98. The molecule has 0 atom stereocenters. The van der Waals surface area contributed by atoms with Crippen LogP contribution in [-0.2, 0) is 6.54 Å². The van der Waals surface area contributed by atoms with Crippen molar-refractivity contribution in [3.63, 3.8) is 0 Å². The van der Waals surface area contributed by atoms with Crippen LogP contribution in [0.2, 0.25) is 0 Å². The summed E-state index contributed by atoms with van der Waals surface area (Å²) in [6, 6.07) is 7.85. The van der Waals surface area contributed by atoms with E-state index in [1.165, 1.54) is 38.5 Å². The van der Waals surface area contributed by atoms with Gasteiger partial charge in [-0.25, -0.2) is 4.98 Å². The van der Waals surface area contributed by atoms with Gasteiger partial charge in [-0.3, -0.25) is 4.79 Å². The van der Waals surface area contributed by atoms with Gasteiger partial charge in [0.05, 0.1) is 17.2 Å². The van der Waals surface area contributed by atoms with E-state index in [-0.39, 0.29) is 5.56 Å². The number of hydrogen-bond acceptors (Lipinski definition) is 3. The molecule has 1 aromatic carbocycles. The summed E-state index contributed by atoms with van der Waals surface area (Å²) in [6.45, 7) is 4.29. The Morgan fingerprint density at radius 2 is 1.85 bits per heavy atom. The van der Waals surface area contributed by atoms with Crippen LogP contribution in [0.3, 0.4) is 0 Å². The second-order valence-electron chi connectivity index (χ2n) is 5.49. The van der Waals surface area contributed by atoms with Crippen LogP contribution in [0.4, 0.5) is 0 Å². The molecule has 1 saturated heterocycles. The summed E-state index contributed by atoms with van der Waals surface area (Å²) >= 11 is 0. The number of aromatic nitrogens is 2. The van der Waals surface area contributed by atoms with Crippen LogP contribution in [-0.4, -0.2) is 34.1 Å². The third-order valence-electron chi connectivity index (χ3n) is 4.06. The van der Waals surface area contributed by atoms with Gasteiger partial charge in [0.1, 0.15) is 0 Å². The van der Waals surface area contributed by atoms with Crippen LogP contribution < -0.4 is 5.56 Å². The standard InChI is InChI=1S/C16H21N3O/c20-16-13-17-14-7-2-3-8-15(14)19(16)12-6-11-18-9-4-1-5-10-18/h2-3,7-8,13H,1,4-6,9-12H2. The van der Waals surface area contributed by atoms with E-state index in [0.717, 1.165) is 30.5 Å². The topological polar surface area (TPSA) is 38.1 Å². The summed E-state index contributed by atoms with van der Waals surface area (Å²) in [5.41, 5.74) is 1.84. The molecule has 0 bridgehead atoms. The van der Waals surface area contributed by atoms with E-state index in [4.69, 9.17) is 0 Å². The van der Waals surface area contributed by atoms with Gasteiger partial charge in [0.15, 0.2) is 0 Å². The molecule has 3 rings (SSSR count). The zero-order valence-corrected chi connectivity index (χ0v) is 11.8. The molecule has 2 heterocycles. The van der Waals surface area contributed by atoms with Gasteiger partial charge < -0.3 is 9.47 Å². The average Bonchev–Trinajstić information content (AvgIpc) is 2.50. The van der Waals surface area contributed by atoms with Crippen molar-refractivity contribution in [3.05, 3.63) is 40.8 Å². The zero-order chi connectivity index (χ0) is 13.8. The smallest absolute Gasteiger partial charge is 0.269 e. The summed E-state index contributed by atoms with van der Waals surface area (Å²) in [6.07, 6.45) is 6.46. The fourth-order valence-corrected chi connectivity index (χ4v) is 2.98. The van der Waals surface area contributed by atoms with Gasteiger partial charge in [0.2, 0.25) is 0 Å². The average molecular weight is 271 g/mol. The Hall–Kier alpha value is -1.68. The Balaban J connectivity index is 1.70. The normalized spacial score (nSPS) is 16.6. The molecule has 1 aliphatic rings. The lowest BCUT2D eigenvalue weighted by Gasteiger charge is -2.26. The van der Waals surface area contributed by atoms with Crippen molar-refractivity contribution in [2.45, 2.75) is 32.2 Å². The second-order valence-corrected chi connectivity index (χ2v) is 5.49. The zero-order valence-electron chi connectivity index (χ0n) is 11.8. The van der Waals surface area contributed by atoms with Crippen molar-refractivity contribution < 1.29 is 0 Å². The molecule has 106 valence electrons. The third-order valence-corrected chi connectivity index (χ3v) is 4.06. The van der Waals surface area contributed by atoms with E-state index in [2.05, 4.69) is 9.88 Å². The number of para-hydroxylation sites is 2.